The van der Waals surface area contributed by atoms with Gasteiger partial charge in [0.2, 0.25) is 11.8 Å². The van der Waals surface area contributed by atoms with E-state index in [2.05, 4.69) is 16.0 Å². The number of benzene rings is 1. The Hall–Kier alpha value is -4.19. The molecule has 0 aromatic heterocycles. The molecule has 3 atom stereocenters. The number of carbonyl (C=O) groups is 5. The average molecular weight is 574 g/mol. The molecule has 0 aliphatic carbocycles. The zero-order valence-corrected chi connectivity index (χ0v) is 24.5. The number of hydrogen-bond donors (Lipinski definition) is 3. The maximum absolute atomic E-state index is 13.1. The van der Waals surface area contributed by atoms with Crippen molar-refractivity contribution >= 4 is 35.9 Å². The first-order valence-electron chi connectivity index (χ1n) is 13.1. The van der Waals surface area contributed by atoms with Crippen LogP contribution in [0, 0.1) is 0 Å². The van der Waals surface area contributed by atoms with Crippen molar-refractivity contribution < 1.29 is 42.9 Å². The molecule has 12 nitrogen and oxygen atoms in total. The van der Waals surface area contributed by atoms with Crippen LogP contribution in [0.2, 0.25) is 0 Å². The lowest BCUT2D eigenvalue weighted by Crippen LogP contribution is -2.55. The number of alkyl carbamates (subject to hydrolysis) is 1. The molecule has 1 aliphatic heterocycles. The van der Waals surface area contributed by atoms with Crippen molar-refractivity contribution in [2.75, 3.05) is 20.3 Å². The molecule has 0 radical (unpaired) electrons. The highest BCUT2D eigenvalue weighted by Gasteiger charge is 2.31. The Morgan fingerprint density at radius 1 is 1.10 bits per heavy atom. The summed E-state index contributed by atoms with van der Waals surface area (Å²) >= 11 is 0. The summed E-state index contributed by atoms with van der Waals surface area (Å²) in [4.78, 5) is 63.2. The molecular weight excluding hydrogens is 534 g/mol. The van der Waals surface area contributed by atoms with Gasteiger partial charge in [0.05, 0.1) is 20.3 Å². The van der Waals surface area contributed by atoms with Crippen LogP contribution >= 0.6 is 0 Å². The summed E-state index contributed by atoms with van der Waals surface area (Å²) in [5.74, 6) is -2.33. The predicted octanol–water partition coefficient (Wildman–Crippen LogP) is 2.50. The third-order valence-corrected chi connectivity index (χ3v) is 5.63. The predicted molar refractivity (Wildman–Crippen MR) is 150 cm³/mol. The van der Waals surface area contributed by atoms with E-state index in [1.807, 2.05) is 0 Å². The first-order chi connectivity index (χ1) is 19.2. The lowest BCUT2D eigenvalue weighted by atomic mass is 9.96. The highest BCUT2D eigenvalue weighted by molar-refractivity contribution is 5.93. The van der Waals surface area contributed by atoms with Crippen LogP contribution < -0.4 is 20.7 Å². The number of fused-ring (bicyclic) bond motifs is 2. The number of hydrogen-bond acceptors (Lipinski definition) is 9. The van der Waals surface area contributed by atoms with Crippen LogP contribution in [0.25, 0.3) is 6.08 Å². The minimum Gasteiger partial charge on any atom is -0.467 e. The summed E-state index contributed by atoms with van der Waals surface area (Å²) in [5, 5.41) is 7.62. The van der Waals surface area contributed by atoms with Gasteiger partial charge in [0.1, 0.15) is 23.4 Å². The summed E-state index contributed by atoms with van der Waals surface area (Å²) in [6.45, 7) is 9.42. The molecule has 1 heterocycles. The summed E-state index contributed by atoms with van der Waals surface area (Å²) < 4.78 is 21.3. The van der Waals surface area contributed by atoms with Crippen molar-refractivity contribution in [1.29, 1.82) is 0 Å². The molecule has 2 bridgehead atoms. The fraction of sp³-hybridized carbons (Fsp3) is 0.483. The Balaban J connectivity index is 2.52. The molecule has 1 aromatic carbocycles. The molecular formula is C29H39N3O9. The second-order valence-corrected chi connectivity index (χ2v) is 10.3. The minimum absolute atomic E-state index is 0.0882. The van der Waals surface area contributed by atoms with Crippen LogP contribution in [0.3, 0.4) is 0 Å². The number of nitrogens with one attached hydrogen (secondary N) is 3. The zero-order valence-electron chi connectivity index (χ0n) is 24.5. The normalized spacial score (nSPS) is 21.3. The van der Waals surface area contributed by atoms with Crippen LogP contribution in [0.1, 0.15) is 64.3 Å². The number of esters is 2. The summed E-state index contributed by atoms with van der Waals surface area (Å²) in [6.07, 6.45) is 6.38. The molecule has 0 fully saturated rings. The van der Waals surface area contributed by atoms with Gasteiger partial charge < -0.3 is 34.9 Å². The van der Waals surface area contributed by atoms with Crippen molar-refractivity contribution in [2.24, 2.45) is 0 Å². The molecule has 0 saturated carbocycles. The quantitative estimate of drug-likeness (QED) is 0.280. The standard InChI is InChI=1S/C29H39N3O9/c1-8-11-19-14-21-15-20(24(19)40-18(3)33)12-9-10-13-39-16-22(31-28(37)41-29(4,5)6)26(35)30-17(2)25(34)32-23(21)27(36)38-7/h8-11,14-15,17,22-23H,12-13,16H2,1-7H3,(H,30,35)(H,31,37)(H,32,34)/b10-9+,11-8+/t17-,22+,23?/m1/s1. The van der Waals surface area contributed by atoms with Crippen molar-refractivity contribution in [1.82, 2.24) is 16.0 Å². The number of carbonyl (C=O) groups excluding carboxylic acids is 5. The molecule has 41 heavy (non-hydrogen) atoms. The van der Waals surface area contributed by atoms with E-state index in [9.17, 15) is 24.0 Å². The monoisotopic (exact) mass is 573 g/mol. The van der Waals surface area contributed by atoms with Gasteiger partial charge in [-0.1, -0.05) is 24.3 Å². The molecule has 2 rings (SSSR count). The van der Waals surface area contributed by atoms with Gasteiger partial charge in [0.15, 0.2) is 6.04 Å². The van der Waals surface area contributed by atoms with E-state index >= 15 is 0 Å². The van der Waals surface area contributed by atoms with Crippen molar-refractivity contribution in [3.8, 4) is 5.75 Å². The maximum atomic E-state index is 13.1. The fourth-order valence-corrected chi connectivity index (χ4v) is 3.84. The Bertz CT molecular complexity index is 1200. The molecule has 12 heteroatoms. The van der Waals surface area contributed by atoms with E-state index in [0.29, 0.717) is 22.4 Å². The molecule has 224 valence electrons. The van der Waals surface area contributed by atoms with E-state index in [4.69, 9.17) is 18.9 Å². The van der Waals surface area contributed by atoms with E-state index in [-0.39, 0.29) is 19.6 Å². The van der Waals surface area contributed by atoms with Crippen LogP contribution in [0.4, 0.5) is 4.79 Å². The second kappa shape index (κ2) is 15.0. The highest BCUT2D eigenvalue weighted by atomic mass is 16.6. The first kappa shape index (κ1) is 33.0. The zero-order chi connectivity index (χ0) is 30.7. The van der Waals surface area contributed by atoms with Gasteiger partial charge in [0.25, 0.3) is 0 Å². The first-order valence-corrected chi connectivity index (χ1v) is 13.1. The smallest absolute Gasteiger partial charge is 0.408 e. The SMILES string of the molecule is C/C=C/c1cc2cc(c1OC(C)=O)C/C=C/COC[C@H](NC(=O)OC(C)(C)C)C(=O)N[C@H](C)C(=O)NC2C(=O)OC. The van der Waals surface area contributed by atoms with Gasteiger partial charge in [-0.05, 0) is 64.3 Å². The van der Waals surface area contributed by atoms with E-state index in [1.54, 1.807) is 64.1 Å². The van der Waals surface area contributed by atoms with Crippen LogP contribution in [0.5, 0.6) is 5.75 Å². The largest absolute Gasteiger partial charge is 0.467 e. The Labute approximate surface area is 239 Å². The summed E-state index contributed by atoms with van der Waals surface area (Å²) in [5.41, 5.74) is 0.667. The Kier molecular flexibility index (Phi) is 12.1. The van der Waals surface area contributed by atoms with Gasteiger partial charge in [-0.2, -0.15) is 0 Å². The molecule has 3 amide bonds. The Morgan fingerprint density at radius 2 is 1.80 bits per heavy atom. The van der Waals surface area contributed by atoms with Gasteiger partial charge in [-0.25, -0.2) is 9.59 Å². The fourth-order valence-electron chi connectivity index (χ4n) is 3.84. The lowest BCUT2D eigenvalue weighted by molar-refractivity contribution is -0.145. The lowest BCUT2D eigenvalue weighted by Gasteiger charge is -2.25. The molecule has 1 aliphatic rings. The number of rotatable bonds is 4. The maximum Gasteiger partial charge on any atom is 0.408 e. The van der Waals surface area contributed by atoms with Crippen LogP contribution in [-0.4, -0.2) is 67.9 Å². The van der Waals surface area contributed by atoms with Crippen LogP contribution in [0.15, 0.2) is 30.4 Å². The summed E-state index contributed by atoms with van der Waals surface area (Å²) in [6, 6.07) is -0.265. The minimum atomic E-state index is -1.24. The molecule has 3 N–H and O–H groups in total. The second-order valence-electron chi connectivity index (χ2n) is 10.3. The number of allylic oxidation sites excluding steroid dienone is 2. The van der Waals surface area contributed by atoms with Gasteiger partial charge >= 0.3 is 18.0 Å². The Morgan fingerprint density at radius 3 is 2.41 bits per heavy atom. The van der Waals surface area contributed by atoms with Crippen LogP contribution in [-0.2, 0) is 39.8 Å². The molecule has 0 spiro atoms. The molecule has 0 saturated heterocycles. The summed E-state index contributed by atoms with van der Waals surface area (Å²) in [7, 11) is 1.19. The number of amides is 3. The third-order valence-electron chi connectivity index (χ3n) is 5.63. The number of ether oxygens (including phenoxy) is 4. The van der Waals surface area contributed by atoms with Gasteiger partial charge in [-0.3, -0.25) is 14.4 Å². The third kappa shape index (κ3) is 10.4. The van der Waals surface area contributed by atoms with Crippen molar-refractivity contribution in [3.63, 3.8) is 0 Å². The van der Waals surface area contributed by atoms with E-state index < -0.39 is 53.6 Å². The van der Waals surface area contributed by atoms with E-state index in [1.165, 1.54) is 21.0 Å². The van der Waals surface area contributed by atoms with E-state index in [0.717, 1.165) is 0 Å². The number of methoxy groups -OCH3 is 1. The van der Waals surface area contributed by atoms with Crippen molar-refractivity contribution in [3.05, 3.63) is 47.1 Å². The average Bonchev–Trinajstić information content (AvgIpc) is 2.87. The molecule has 1 unspecified atom stereocenters. The molecule has 1 aromatic rings. The highest BCUT2D eigenvalue weighted by Crippen LogP contribution is 2.31. The van der Waals surface area contributed by atoms with Crippen molar-refractivity contribution in [2.45, 2.75) is 71.7 Å². The topological polar surface area (TPSA) is 158 Å². The van der Waals surface area contributed by atoms with Gasteiger partial charge in [0, 0.05) is 12.5 Å². The van der Waals surface area contributed by atoms with Gasteiger partial charge in [-0.15, -0.1) is 0 Å².